The normalized spacial score (nSPS) is 20.0. The minimum atomic E-state index is 0.141. The van der Waals surface area contributed by atoms with Crippen molar-refractivity contribution >= 4 is 11.7 Å². The van der Waals surface area contributed by atoms with Crippen molar-refractivity contribution in [3.63, 3.8) is 0 Å². The first kappa shape index (κ1) is 15.1. The monoisotopic (exact) mass is 304 g/mol. The second kappa shape index (κ2) is 6.94. The molecule has 0 aromatic carbocycles. The first-order chi connectivity index (χ1) is 10.7. The second-order valence-electron chi connectivity index (χ2n) is 6.10. The smallest absolute Gasteiger partial charge is 0.233 e. The fourth-order valence-corrected chi connectivity index (χ4v) is 3.15. The third-order valence-electron chi connectivity index (χ3n) is 4.51. The molecule has 120 valence electrons. The molecule has 0 spiro atoms. The fraction of sp³-hybridized carbons (Fsp3) is 0.688. The Morgan fingerprint density at radius 3 is 2.41 bits per heavy atom. The summed E-state index contributed by atoms with van der Waals surface area (Å²) in [5.74, 6) is 1.62. The number of nitrogens with zero attached hydrogens (tertiary/aromatic N) is 4. The highest BCUT2D eigenvalue weighted by atomic mass is 16.5. The van der Waals surface area contributed by atoms with Crippen LogP contribution in [0.25, 0.3) is 0 Å². The highest BCUT2D eigenvalue weighted by Gasteiger charge is 2.20. The number of carbonyl (C=O) groups excluding carboxylic acids is 1. The zero-order chi connectivity index (χ0) is 15.4. The maximum atomic E-state index is 11.3. The van der Waals surface area contributed by atoms with Gasteiger partial charge in [0.15, 0.2) is 5.82 Å². The van der Waals surface area contributed by atoms with E-state index in [2.05, 4.69) is 15.1 Å². The van der Waals surface area contributed by atoms with Gasteiger partial charge in [-0.05, 0) is 31.7 Å². The van der Waals surface area contributed by atoms with Gasteiger partial charge in [0.1, 0.15) is 6.10 Å². The first-order valence-corrected chi connectivity index (χ1v) is 8.23. The van der Waals surface area contributed by atoms with Gasteiger partial charge in [-0.25, -0.2) is 0 Å². The van der Waals surface area contributed by atoms with E-state index in [0.29, 0.717) is 12.0 Å². The molecule has 1 saturated heterocycles. The molecule has 0 atom stereocenters. The molecule has 1 aliphatic heterocycles. The van der Waals surface area contributed by atoms with Crippen molar-refractivity contribution in [2.75, 3.05) is 31.1 Å². The number of ether oxygens (including phenoxy) is 1. The average Bonchev–Trinajstić information content (AvgIpc) is 2.57. The molecule has 0 N–H and O–H groups in total. The molecular formula is C16H24N4O2. The van der Waals surface area contributed by atoms with E-state index in [-0.39, 0.29) is 5.91 Å². The number of hydrogen-bond acceptors (Lipinski definition) is 5. The zero-order valence-corrected chi connectivity index (χ0v) is 13.2. The van der Waals surface area contributed by atoms with E-state index in [4.69, 9.17) is 4.74 Å². The van der Waals surface area contributed by atoms with Crippen LogP contribution in [0.3, 0.4) is 0 Å². The molecular weight excluding hydrogens is 280 g/mol. The van der Waals surface area contributed by atoms with Crippen LogP contribution in [0.4, 0.5) is 5.82 Å². The van der Waals surface area contributed by atoms with E-state index in [1.807, 2.05) is 17.0 Å². The first-order valence-electron chi connectivity index (χ1n) is 8.23. The molecule has 6 heteroatoms. The average molecular weight is 304 g/mol. The summed E-state index contributed by atoms with van der Waals surface area (Å²) in [6.07, 6.45) is 6.35. The molecule has 2 aliphatic rings. The predicted molar refractivity (Wildman–Crippen MR) is 84.0 cm³/mol. The number of rotatable bonds is 3. The standard InChI is InChI=1S/C16H24N4O2/c1-13(21)19-9-11-20(12-10-19)15-7-8-16(18-17-15)22-14-5-3-2-4-6-14/h7-8,14H,2-6,9-12H2,1H3. The van der Waals surface area contributed by atoms with E-state index in [1.54, 1.807) is 6.92 Å². The van der Waals surface area contributed by atoms with Gasteiger partial charge in [0.2, 0.25) is 11.8 Å². The van der Waals surface area contributed by atoms with E-state index >= 15 is 0 Å². The molecule has 0 unspecified atom stereocenters. The molecule has 1 aliphatic carbocycles. The number of anilines is 1. The third kappa shape index (κ3) is 3.67. The van der Waals surface area contributed by atoms with E-state index in [1.165, 1.54) is 19.3 Å². The highest BCUT2D eigenvalue weighted by molar-refractivity contribution is 5.73. The topological polar surface area (TPSA) is 58.6 Å². The molecule has 1 amide bonds. The Kier molecular flexibility index (Phi) is 4.75. The van der Waals surface area contributed by atoms with Crippen LogP contribution in [-0.2, 0) is 4.79 Å². The minimum absolute atomic E-state index is 0.141. The summed E-state index contributed by atoms with van der Waals surface area (Å²) < 4.78 is 5.90. The number of carbonyl (C=O) groups is 1. The Bertz CT molecular complexity index is 491. The predicted octanol–water partition coefficient (Wildman–Crippen LogP) is 1.86. The van der Waals surface area contributed by atoms with Crippen molar-refractivity contribution in [1.82, 2.24) is 15.1 Å². The summed E-state index contributed by atoms with van der Waals surface area (Å²) in [6.45, 7) is 4.72. The van der Waals surface area contributed by atoms with Crippen LogP contribution >= 0.6 is 0 Å². The van der Waals surface area contributed by atoms with E-state index < -0.39 is 0 Å². The Balaban J connectivity index is 1.54. The lowest BCUT2D eigenvalue weighted by molar-refractivity contribution is -0.129. The van der Waals surface area contributed by atoms with Crippen molar-refractivity contribution in [2.45, 2.75) is 45.1 Å². The van der Waals surface area contributed by atoms with Crippen LogP contribution in [0.2, 0.25) is 0 Å². The van der Waals surface area contributed by atoms with Crippen molar-refractivity contribution < 1.29 is 9.53 Å². The molecule has 1 aromatic rings. The summed E-state index contributed by atoms with van der Waals surface area (Å²) >= 11 is 0. The Morgan fingerprint density at radius 1 is 1.09 bits per heavy atom. The molecule has 3 rings (SSSR count). The summed E-state index contributed by atoms with van der Waals surface area (Å²) in [4.78, 5) is 15.4. The second-order valence-corrected chi connectivity index (χ2v) is 6.10. The molecule has 0 bridgehead atoms. The fourth-order valence-electron chi connectivity index (χ4n) is 3.15. The molecule has 2 heterocycles. The molecule has 1 aromatic heterocycles. The summed E-state index contributed by atoms with van der Waals surface area (Å²) in [5.41, 5.74) is 0. The van der Waals surface area contributed by atoms with Gasteiger partial charge >= 0.3 is 0 Å². The van der Waals surface area contributed by atoms with Crippen LogP contribution in [0.5, 0.6) is 5.88 Å². The van der Waals surface area contributed by atoms with Crippen LogP contribution < -0.4 is 9.64 Å². The van der Waals surface area contributed by atoms with E-state index in [0.717, 1.165) is 44.8 Å². The summed E-state index contributed by atoms with van der Waals surface area (Å²) in [6, 6.07) is 3.88. The highest BCUT2D eigenvalue weighted by Crippen LogP contribution is 2.23. The molecule has 2 fully saturated rings. The van der Waals surface area contributed by atoms with Gasteiger partial charge in [0, 0.05) is 39.2 Å². The van der Waals surface area contributed by atoms with Crippen LogP contribution in [-0.4, -0.2) is 53.3 Å². The zero-order valence-electron chi connectivity index (χ0n) is 13.2. The van der Waals surface area contributed by atoms with Gasteiger partial charge in [-0.3, -0.25) is 4.79 Å². The van der Waals surface area contributed by atoms with Crippen LogP contribution in [0, 0.1) is 0 Å². The van der Waals surface area contributed by atoms with Crippen molar-refractivity contribution in [3.8, 4) is 5.88 Å². The maximum absolute atomic E-state index is 11.3. The molecule has 22 heavy (non-hydrogen) atoms. The van der Waals surface area contributed by atoms with Crippen molar-refractivity contribution in [1.29, 1.82) is 0 Å². The quantitative estimate of drug-likeness (QED) is 0.853. The largest absolute Gasteiger partial charge is 0.473 e. The lowest BCUT2D eigenvalue weighted by Crippen LogP contribution is -2.48. The summed E-state index contributed by atoms with van der Waals surface area (Å²) in [5, 5.41) is 8.49. The molecule has 1 saturated carbocycles. The number of piperazine rings is 1. The third-order valence-corrected chi connectivity index (χ3v) is 4.51. The Hall–Kier alpha value is -1.85. The van der Waals surface area contributed by atoms with Crippen molar-refractivity contribution in [3.05, 3.63) is 12.1 Å². The van der Waals surface area contributed by atoms with E-state index in [9.17, 15) is 4.79 Å². The number of hydrogen-bond donors (Lipinski definition) is 0. The Morgan fingerprint density at radius 2 is 1.82 bits per heavy atom. The van der Waals surface area contributed by atoms with Crippen LogP contribution in [0.15, 0.2) is 12.1 Å². The lowest BCUT2D eigenvalue weighted by atomic mass is 9.98. The minimum Gasteiger partial charge on any atom is -0.473 e. The number of amides is 1. The molecule has 0 radical (unpaired) electrons. The van der Waals surface area contributed by atoms with Gasteiger partial charge in [-0.15, -0.1) is 10.2 Å². The lowest BCUT2D eigenvalue weighted by Gasteiger charge is -2.34. The maximum Gasteiger partial charge on any atom is 0.233 e. The van der Waals surface area contributed by atoms with Crippen LogP contribution in [0.1, 0.15) is 39.0 Å². The SMILES string of the molecule is CC(=O)N1CCN(c2ccc(OC3CCCCC3)nn2)CC1. The van der Waals surface area contributed by atoms with Gasteiger partial charge in [-0.2, -0.15) is 0 Å². The Labute approximate surface area is 131 Å². The molecule has 6 nitrogen and oxygen atoms in total. The van der Waals surface area contributed by atoms with Gasteiger partial charge < -0.3 is 14.5 Å². The van der Waals surface area contributed by atoms with Gasteiger partial charge in [-0.1, -0.05) is 6.42 Å². The van der Waals surface area contributed by atoms with Crippen molar-refractivity contribution in [2.24, 2.45) is 0 Å². The summed E-state index contributed by atoms with van der Waals surface area (Å²) in [7, 11) is 0. The van der Waals surface area contributed by atoms with Gasteiger partial charge in [0.05, 0.1) is 0 Å². The number of aromatic nitrogens is 2. The van der Waals surface area contributed by atoms with Gasteiger partial charge in [0.25, 0.3) is 0 Å².